The fourth-order valence-electron chi connectivity index (χ4n) is 4.52. The molecule has 4 unspecified atom stereocenters. The van der Waals surface area contributed by atoms with Gasteiger partial charge < -0.3 is 4.74 Å². The molecule has 0 spiro atoms. The van der Waals surface area contributed by atoms with Crippen LogP contribution in [0.1, 0.15) is 66.7 Å². The molecule has 5 atom stereocenters. The van der Waals surface area contributed by atoms with E-state index in [0.29, 0.717) is 24.2 Å². The lowest BCUT2D eigenvalue weighted by atomic mass is 9.64. The highest BCUT2D eigenvalue weighted by molar-refractivity contribution is 14.2. The number of Topliss-reactive ketones (excluding diaryl/α,β-unsaturated/α-hetero) is 1. The van der Waals surface area contributed by atoms with Gasteiger partial charge in [0.25, 0.3) is 0 Å². The van der Waals surface area contributed by atoms with Crippen LogP contribution in [-0.2, 0) is 13.7 Å². The Morgan fingerprint density at radius 1 is 1.39 bits per heavy atom. The van der Waals surface area contributed by atoms with Crippen LogP contribution in [-0.4, -0.2) is 24.1 Å². The molecule has 0 aromatic heterocycles. The van der Waals surface area contributed by atoms with E-state index in [4.69, 9.17) is 8.92 Å². The molecule has 0 bridgehead atoms. The first-order chi connectivity index (χ1) is 10.7. The summed E-state index contributed by atoms with van der Waals surface area (Å²) in [5, 5.41) is 0. The van der Waals surface area contributed by atoms with E-state index in [1.54, 1.807) is 0 Å². The van der Waals surface area contributed by atoms with Crippen LogP contribution in [0, 0.1) is 23.2 Å². The zero-order valence-electron chi connectivity index (χ0n) is 15.1. The second kappa shape index (κ2) is 7.92. The molecule has 0 saturated heterocycles. The van der Waals surface area contributed by atoms with E-state index in [2.05, 4.69) is 55.8 Å². The highest BCUT2D eigenvalue weighted by Crippen LogP contribution is 2.55. The molecule has 2 aliphatic rings. The molecule has 2 saturated carbocycles. The molecule has 2 rings (SSSR count). The van der Waals surface area contributed by atoms with E-state index < -0.39 is 0 Å². The van der Waals surface area contributed by atoms with E-state index in [0.717, 1.165) is 25.7 Å². The van der Waals surface area contributed by atoms with Crippen molar-refractivity contribution >= 4 is 36.2 Å². The first-order valence-corrected chi connectivity index (χ1v) is 12.1. The molecule has 134 valence electrons. The largest absolute Gasteiger partial charge is 0.378 e. The molecule has 2 aliphatic carbocycles. The fraction of sp³-hybridized carbons (Fsp3) is 0.944. The maximum Gasteiger partial charge on any atom is 0.136 e. The lowest BCUT2D eigenvalue weighted by Gasteiger charge is -2.42. The number of halogens is 1. The average Bonchev–Trinajstić information content (AvgIpc) is 2.83. The number of carbonyl (C=O) groups excluding carboxylic acids is 1. The third-order valence-corrected chi connectivity index (χ3v) is 7.58. The molecular formula is C18H31IO3S. The molecule has 0 aromatic rings. The average molecular weight is 454 g/mol. The molecule has 0 aromatic carbocycles. The van der Waals surface area contributed by atoms with Gasteiger partial charge in [0.1, 0.15) is 5.78 Å². The van der Waals surface area contributed by atoms with Gasteiger partial charge in [-0.3, -0.25) is 8.98 Å². The Morgan fingerprint density at radius 2 is 2.09 bits per heavy atom. The number of ketones is 1. The highest BCUT2D eigenvalue weighted by Gasteiger charge is 2.52. The van der Waals surface area contributed by atoms with Crippen molar-refractivity contribution in [2.45, 2.75) is 78.4 Å². The summed E-state index contributed by atoms with van der Waals surface area (Å²) in [6.07, 6.45) is 5.42. The number of carbonyl (C=O) groups is 1. The maximum atomic E-state index is 12.3. The topological polar surface area (TPSA) is 35.5 Å². The predicted molar refractivity (Wildman–Crippen MR) is 105 cm³/mol. The predicted octanol–water partition coefficient (Wildman–Crippen LogP) is 5.61. The molecule has 2 fully saturated rings. The van der Waals surface area contributed by atoms with E-state index in [9.17, 15) is 4.79 Å². The second-order valence-corrected chi connectivity index (χ2v) is 9.62. The molecule has 0 aliphatic heterocycles. The Morgan fingerprint density at radius 3 is 2.74 bits per heavy atom. The molecular weight excluding hydrogens is 423 g/mol. The summed E-state index contributed by atoms with van der Waals surface area (Å²) >= 11 is 2.16. The molecule has 0 N–H and O–H groups in total. The van der Waals surface area contributed by atoms with Crippen molar-refractivity contribution < 1.29 is 13.7 Å². The highest BCUT2D eigenvalue weighted by atomic mass is 127. The number of rotatable bonds is 7. The minimum absolute atomic E-state index is 0.155. The summed E-state index contributed by atoms with van der Waals surface area (Å²) in [6, 6.07) is 0. The molecule has 0 heterocycles. The summed E-state index contributed by atoms with van der Waals surface area (Å²) in [5.41, 5.74) is -0.0451. The van der Waals surface area contributed by atoms with Crippen molar-refractivity contribution in [2.75, 3.05) is 6.61 Å². The van der Waals surface area contributed by atoms with E-state index in [1.165, 1.54) is 15.6 Å². The molecule has 23 heavy (non-hydrogen) atoms. The van der Waals surface area contributed by atoms with Crippen molar-refractivity contribution in [1.82, 2.24) is 0 Å². The normalized spacial score (nSPS) is 34.3. The fourth-order valence-corrected chi connectivity index (χ4v) is 6.23. The Kier molecular flexibility index (Phi) is 6.88. The van der Waals surface area contributed by atoms with Crippen LogP contribution in [0.2, 0.25) is 0 Å². The van der Waals surface area contributed by atoms with Gasteiger partial charge in [0.05, 0.1) is 27.5 Å². The third kappa shape index (κ3) is 4.26. The van der Waals surface area contributed by atoms with Gasteiger partial charge in [-0.1, -0.05) is 13.8 Å². The Labute approximate surface area is 157 Å². The molecule has 5 heteroatoms. The van der Waals surface area contributed by atoms with Gasteiger partial charge in [-0.2, -0.15) is 0 Å². The second-order valence-electron chi connectivity index (χ2n) is 8.25. The smallest absolute Gasteiger partial charge is 0.136 e. The quantitative estimate of drug-likeness (QED) is 0.370. The van der Waals surface area contributed by atoms with Crippen molar-refractivity contribution in [1.29, 1.82) is 0 Å². The van der Waals surface area contributed by atoms with Crippen molar-refractivity contribution in [3.05, 3.63) is 0 Å². The number of fused-ring (bicyclic) bond motifs is 1. The van der Waals surface area contributed by atoms with E-state index in [1.807, 2.05) is 0 Å². The molecule has 3 nitrogen and oxygen atoms in total. The van der Waals surface area contributed by atoms with Crippen LogP contribution < -0.4 is 0 Å². The van der Waals surface area contributed by atoms with Crippen molar-refractivity contribution in [2.24, 2.45) is 23.2 Å². The Balaban J connectivity index is 1.93. The summed E-state index contributed by atoms with van der Waals surface area (Å²) in [5.74, 6) is 1.60. The van der Waals surface area contributed by atoms with Gasteiger partial charge in [-0.25, -0.2) is 0 Å². The Hall–Kier alpha value is 0.670. The van der Waals surface area contributed by atoms with Gasteiger partial charge in [-0.05, 0) is 57.8 Å². The van der Waals surface area contributed by atoms with Crippen LogP contribution >= 0.6 is 30.4 Å². The monoisotopic (exact) mass is 454 g/mol. The number of hydrogen-bond donors (Lipinski definition) is 0. The number of hydrogen-bond acceptors (Lipinski definition) is 4. The van der Waals surface area contributed by atoms with Gasteiger partial charge in [0, 0.05) is 39.5 Å². The first-order valence-electron chi connectivity index (χ1n) is 8.83. The minimum Gasteiger partial charge on any atom is -0.378 e. The molecule has 0 radical (unpaired) electrons. The Bertz CT molecular complexity index is 428. The van der Waals surface area contributed by atoms with Gasteiger partial charge in [0.2, 0.25) is 0 Å². The van der Waals surface area contributed by atoms with Gasteiger partial charge in [0.15, 0.2) is 0 Å². The van der Waals surface area contributed by atoms with Crippen molar-refractivity contribution in [3.8, 4) is 0 Å². The lowest BCUT2D eigenvalue weighted by Crippen LogP contribution is -2.42. The summed E-state index contributed by atoms with van der Waals surface area (Å²) in [7, 11) is 1.39. The zero-order chi connectivity index (χ0) is 17.3. The zero-order valence-corrected chi connectivity index (χ0v) is 18.0. The third-order valence-electron chi connectivity index (χ3n) is 6.55. The van der Waals surface area contributed by atoms with Gasteiger partial charge in [-0.15, -0.1) is 0 Å². The standard InChI is InChI=1S/C18H31IO3S/c1-12(17(3,4)22-23-19)11-21-13(2)14-8-9-15-16(20)7-6-10-18(14,15)5/h12-15H,6-11H2,1-5H3/t12-,13?,14?,15?,18?/m0/s1. The SMILES string of the molecule is CC(OC[C@H](C)C(C)(C)OSI)C1CCC2C(=O)CCCC21C. The number of ether oxygens (including phenoxy) is 1. The maximum absolute atomic E-state index is 12.3. The summed E-state index contributed by atoms with van der Waals surface area (Å²) < 4.78 is 12.0. The first kappa shape index (κ1) is 20.0. The molecule has 0 amide bonds. The van der Waals surface area contributed by atoms with Crippen LogP contribution in [0.3, 0.4) is 0 Å². The van der Waals surface area contributed by atoms with E-state index >= 15 is 0 Å². The lowest BCUT2D eigenvalue weighted by molar-refractivity contribution is -0.131. The minimum atomic E-state index is -0.200. The summed E-state index contributed by atoms with van der Waals surface area (Å²) in [4.78, 5) is 12.3. The van der Waals surface area contributed by atoms with Crippen molar-refractivity contribution in [3.63, 3.8) is 0 Å². The van der Waals surface area contributed by atoms with Crippen LogP contribution in [0.4, 0.5) is 0 Å². The summed E-state index contributed by atoms with van der Waals surface area (Å²) in [6.45, 7) is 11.6. The van der Waals surface area contributed by atoms with Crippen LogP contribution in [0.25, 0.3) is 0 Å². The van der Waals surface area contributed by atoms with Crippen LogP contribution in [0.15, 0.2) is 0 Å². The van der Waals surface area contributed by atoms with Gasteiger partial charge >= 0.3 is 0 Å². The van der Waals surface area contributed by atoms with E-state index in [-0.39, 0.29) is 23.0 Å². The van der Waals surface area contributed by atoms with Crippen LogP contribution in [0.5, 0.6) is 0 Å².